The lowest BCUT2D eigenvalue weighted by Gasteiger charge is -2.30. The van der Waals surface area contributed by atoms with Crippen LogP contribution in [0.2, 0.25) is 5.02 Å². The zero-order valence-electron chi connectivity index (χ0n) is 21.0. The Hall–Kier alpha value is -2.58. The Labute approximate surface area is 214 Å². The molecule has 2 aromatic carbocycles. The summed E-state index contributed by atoms with van der Waals surface area (Å²) in [6, 6.07) is 13.7. The lowest BCUT2D eigenvalue weighted by Crippen LogP contribution is -2.48. The van der Waals surface area contributed by atoms with E-state index in [2.05, 4.69) is 5.32 Å². The molecule has 192 valence electrons. The van der Waals surface area contributed by atoms with Gasteiger partial charge < -0.3 is 10.2 Å². The van der Waals surface area contributed by atoms with Crippen LogP contribution in [-0.2, 0) is 26.2 Å². The molecule has 0 aliphatic rings. The highest BCUT2D eigenvalue weighted by Crippen LogP contribution is 2.23. The molecule has 0 aliphatic heterocycles. The van der Waals surface area contributed by atoms with Crippen LogP contribution in [0.1, 0.15) is 50.7 Å². The summed E-state index contributed by atoms with van der Waals surface area (Å²) < 4.78 is 26.0. The average molecular weight is 522 g/mol. The number of nitrogens with zero attached hydrogens (tertiary/aromatic N) is 2. The summed E-state index contributed by atoms with van der Waals surface area (Å²) in [7, 11) is -3.56. The van der Waals surface area contributed by atoms with Crippen molar-refractivity contribution < 1.29 is 18.0 Å². The number of aryl methyl sites for hydroxylation is 1. The number of hydrogen-bond donors (Lipinski definition) is 1. The average Bonchev–Trinajstić information content (AvgIpc) is 2.80. The fraction of sp³-hybridized carbons (Fsp3) is 0.462. The van der Waals surface area contributed by atoms with E-state index >= 15 is 0 Å². The molecule has 1 N–H and O–H groups in total. The lowest BCUT2D eigenvalue weighted by atomic mass is 10.1. The van der Waals surface area contributed by atoms with E-state index < -0.39 is 16.1 Å². The normalized spacial score (nSPS) is 12.1. The Morgan fingerprint density at radius 2 is 1.80 bits per heavy atom. The van der Waals surface area contributed by atoms with Crippen LogP contribution in [0.15, 0.2) is 48.5 Å². The van der Waals surface area contributed by atoms with Crippen molar-refractivity contribution in [3.8, 4) is 0 Å². The fourth-order valence-corrected chi connectivity index (χ4v) is 4.87. The molecule has 0 saturated carbocycles. The lowest BCUT2D eigenvalue weighted by molar-refractivity contribution is -0.140. The van der Waals surface area contributed by atoms with Gasteiger partial charge in [-0.2, -0.15) is 0 Å². The number of benzene rings is 2. The van der Waals surface area contributed by atoms with E-state index in [-0.39, 0.29) is 24.8 Å². The Morgan fingerprint density at radius 3 is 2.43 bits per heavy atom. The maximum atomic E-state index is 13.3. The largest absolute Gasteiger partial charge is 0.354 e. The molecule has 0 bridgehead atoms. The predicted molar refractivity (Wildman–Crippen MR) is 142 cm³/mol. The smallest absolute Gasteiger partial charge is 0.242 e. The van der Waals surface area contributed by atoms with Gasteiger partial charge in [0.05, 0.1) is 11.9 Å². The number of amides is 2. The van der Waals surface area contributed by atoms with Crippen LogP contribution >= 0.6 is 11.6 Å². The predicted octanol–water partition coefficient (Wildman–Crippen LogP) is 4.53. The highest BCUT2D eigenvalue weighted by Gasteiger charge is 2.27. The summed E-state index contributed by atoms with van der Waals surface area (Å²) in [6.07, 6.45) is 3.36. The topological polar surface area (TPSA) is 86.8 Å². The van der Waals surface area contributed by atoms with E-state index in [4.69, 9.17) is 11.6 Å². The van der Waals surface area contributed by atoms with E-state index in [9.17, 15) is 18.0 Å². The minimum atomic E-state index is -3.56. The van der Waals surface area contributed by atoms with Crippen LogP contribution in [0.5, 0.6) is 0 Å². The van der Waals surface area contributed by atoms with Crippen molar-refractivity contribution in [2.45, 2.75) is 59.0 Å². The van der Waals surface area contributed by atoms with Crippen LogP contribution in [0.25, 0.3) is 0 Å². The van der Waals surface area contributed by atoms with Gasteiger partial charge in [-0.1, -0.05) is 55.3 Å². The Balaban J connectivity index is 2.15. The van der Waals surface area contributed by atoms with Gasteiger partial charge in [-0.25, -0.2) is 8.42 Å². The van der Waals surface area contributed by atoms with E-state index in [0.717, 1.165) is 30.2 Å². The molecule has 0 spiro atoms. The summed E-state index contributed by atoms with van der Waals surface area (Å²) in [5.74, 6) is -0.400. The maximum absolute atomic E-state index is 13.3. The Kier molecular flexibility index (Phi) is 11.0. The highest BCUT2D eigenvalue weighted by atomic mass is 35.5. The number of rotatable bonds is 13. The number of nitrogens with one attached hydrogen (secondary N) is 1. The molecule has 0 heterocycles. The second-order valence-electron chi connectivity index (χ2n) is 8.69. The molecule has 1 atom stereocenters. The molecular weight excluding hydrogens is 486 g/mol. The molecule has 2 rings (SSSR count). The SMILES string of the molecule is CCCCNC(=O)[C@H](C)N(Cc1ccccc1C)C(=O)CCCN(c1cccc(Cl)c1)S(C)(=O)=O. The first-order valence-corrected chi connectivity index (χ1v) is 14.1. The van der Waals surface area contributed by atoms with Crippen LogP contribution in [0.4, 0.5) is 5.69 Å². The number of carbonyl (C=O) groups excluding carboxylic acids is 2. The molecule has 35 heavy (non-hydrogen) atoms. The molecule has 0 unspecified atom stereocenters. The van der Waals surface area contributed by atoms with Gasteiger partial charge >= 0.3 is 0 Å². The minimum absolute atomic E-state index is 0.102. The monoisotopic (exact) mass is 521 g/mol. The molecule has 2 amide bonds. The number of carbonyl (C=O) groups is 2. The van der Waals surface area contributed by atoms with Gasteiger partial charge in [0.15, 0.2) is 0 Å². The second-order valence-corrected chi connectivity index (χ2v) is 11.0. The molecule has 7 nitrogen and oxygen atoms in total. The maximum Gasteiger partial charge on any atom is 0.242 e. The zero-order chi connectivity index (χ0) is 26.0. The number of anilines is 1. The van der Waals surface area contributed by atoms with Gasteiger partial charge in [-0.05, 0) is 56.0 Å². The first-order valence-electron chi connectivity index (χ1n) is 11.9. The van der Waals surface area contributed by atoms with Gasteiger partial charge in [0.1, 0.15) is 6.04 Å². The molecule has 0 radical (unpaired) electrons. The van der Waals surface area contributed by atoms with E-state index in [1.807, 2.05) is 38.1 Å². The fourth-order valence-electron chi connectivity index (χ4n) is 3.72. The number of hydrogen-bond acceptors (Lipinski definition) is 4. The Morgan fingerprint density at radius 1 is 1.09 bits per heavy atom. The molecule has 0 aromatic heterocycles. The summed E-state index contributed by atoms with van der Waals surface area (Å²) in [6.45, 7) is 6.74. The summed E-state index contributed by atoms with van der Waals surface area (Å²) in [5.41, 5.74) is 2.45. The molecular formula is C26H36ClN3O4S. The van der Waals surface area contributed by atoms with Crippen molar-refractivity contribution in [1.29, 1.82) is 0 Å². The Bertz CT molecular complexity index is 1110. The van der Waals surface area contributed by atoms with Gasteiger partial charge in [0.2, 0.25) is 21.8 Å². The van der Waals surface area contributed by atoms with E-state index in [0.29, 0.717) is 30.2 Å². The molecule has 2 aromatic rings. The van der Waals surface area contributed by atoms with Crippen LogP contribution in [0.3, 0.4) is 0 Å². The minimum Gasteiger partial charge on any atom is -0.354 e. The van der Waals surface area contributed by atoms with E-state index in [1.165, 1.54) is 4.31 Å². The van der Waals surface area contributed by atoms with Crippen molar-refractivity contribution in [3.05, 3.63) is 64.7 Å². The van der Waals surface area contributed by atoms with Crippen LogP contribution in [0, 0.1) is 6.92 Å². The molecule has 0 saturated heterocycles. The summed E-state index contributed by atoms with van der Waals surface area (Å²) >= 11 is 6.04. The molecule has 0 aliphatic carbocycles. The van der Waals surface area contributed by atoms with Crippen LogP contribution in [-0.4, -0.2) is 50.5 Å². The van der Waals surface area contributed by atoms with Crippen LogP contribution < -0.4 is 9.62 Å². The standard InChI is InChI=1S/C26H36ClN3O4S/c1-5-6-16-28-26(32)21(3)29(19-22-12-8-7-11-20(22)2)25(31)15-10-17-30(35(4,33)34)24-14-9-13-23(27)18-24/h7-9,11-14,18,21H,5-6,10,15-17,19H2,1-4H3,(H,28,32)/t21-/m0/s1. The molecule has 0 fully saturated rings. The first-order chi connectivity index (χ1) is 16.5. The quantitative estimate of drug-likeness (QED) is 0.392. The first kappa shape index (κ1) is 28.7. The van der Waals surface area contributed by atoms with Crippen molar-refractivity contribution in [1.82, 2.24) is 10.2 Å². The van der Waals surface area contributed by atoms with Gasteiger partial charge in [-0.3, -0.25) is 13.9 Å². The van der Waals surface area contributed by atoms with Crippen molar-refractivity contribution in [3.63, 3.8) is 0 Å². The third-order valence-corrected chi connectivity index (χ3v) is 7.28. The summed E-state index contributed by atoms with van der Waals surface area (Å²) in [4.78, 5) is 27.7. The second kappa shape index (κ2) is 13.5. The van der Waals surface area contributed by atoms with Crippen molar-refractivity contribution in [2.75, 3.05) is 23.7 Å². The van der Waals surface area contributed by atoms with Crippen molar-refractivity contribution >= 4 is 39.1 Å². The third-order valence-electron chi connectivity index (χ3n) is 5.85. The van der Waals surface area contributed by atoms with Gasteiger partial charge in [-0.15, -0.1) is 0 Å². The van der Waals surface area contributed by atoms with Gasteiger partial charge in [0.25, 0.3) is 0 Å². The number of halogens is 1. The van der Waals surface area contributed by atoms with Crippen molar-refractivity contribution in [2.24, 2.45) is 0 Å². The highest BCUT2D eigenvalue weighted by molar-refractivity contribution is 7.92. The zero-order valence-corrected chi connectivity index (χ0v) is 22.5. The van der Waals surface area contributed by atoms with E-state index in [1.54, 1.807) is 36.1 Å². The molecule has 9 heteroatoms. The third kappa shape index (κ3) is 8.85. The number of sulfonamides is 1. The summed E-state index contributed by atoms with van der Waals surface area (Å²) in [5, 5.41) is 3.34. The van der Waals surface area contributed by atoms with Gasteiger partial charge in [0, 0.05) is 31.1 Å². The number of unbranched alkanes of at least 4 members (excludes halogenated alkanes) is 1.